The molecule has 5 N–H and O–H groups in total. The third-order valence-corrected chi connectivity index (χ3v) is 7.75. The lowest BCUT2D eigenvalue weighted by molar-refractivity contribution is -0.140. The summed E-state index contributed by atoms with van der Waals surface area (Å²) < 4.78 is 11.9. The van der Waals surface area contributed by atoms with Crippen molar-refractivity contribution in [1.29, 1.82) is 0 Å². The van der Waals surface area contributed by atoms with Gasteiger partial charge in [-0.05, 0) is 31.4 Å². The van der Waals surface area contributed by atoms with E-state index >= 15 is 0 Å². The van der Waals surface area contributed by atoms with Gasteiger partial charge in [0.1, 0.15) is 34.4 Å². The molecule has 2 amide bonds. The van der Waals surface area contributed by atoms with Crippen LogP contribution in [0.15, 0.2) is 23.6 Å². The van der Waals surface area contributed by atoms with Crippen LogP contribution in [0.5, 0.6) is 11.5 Å². The van der Waals surface area contributed by atoms with E-state index in [0.29, 0.717) is 38.8 Å². The molecule has 0 unspecified atom stereocenters. The van der Waals surface area contributed by atoms with Crippen LogP contribution in [0.3, 0.4) is 0 Å². The van der Waals surface area contributed by atoms with Crippen LogP contribution in [0.4, 0.5) is 5.13 Å². The van der Waals surface area contributed by atoms with Crippen molar-refractivity contribution in [3.63, 3.8) is 0 Å². The molecule has 12 heteroatoms. The quantitative estimate of drug-likeness (QED) is 0.365. The van der Waals surface area contributed by atoms with E-state index in [4.69, 9.17) is 37.5 Å². The number of nitrogens with zero attached hydrogens (tertiary/aromatic N) is 3. The Kier molecular flexibility index (Phi) is 8.25. The van der Waals surface area contributed by atoms with Crippen molar-refractivity contribution >= 4 is 50.8 Å². The SMILES string of the molecule is COc1ccc2c(O[C@@H]3C[C@@H](C(N)=O)N(C(=O)[C@@H](N)C(C)(C)C)C3)cc(-c3csc(NC(C)C)n3)nc2c1Cl. The summed E-state index contributed by atoms with van der Waals surface area (Å²) in [5.41, 5.74) is 13.1. The maximum Gasteiger partial charge on any atom is 0.240 e. The summed E-state index contributed by atoms with van der Waals surface area (Å²) in [6, 6.07) is 3.96. The monoisotopic (exact) mass is 574 g/mol. The average Bonchev–Trinajstić information content (AvgIpc) is 3.50. The number of nitrogens with two attached hydrogens (primary N) is 2. The zero-order chi connectivity index (χ0) is 28.6. The Morgan fingerprint density at radius 3 is 2.54 bits per heavy atom. The molecular formula is C27H35ClN6O4S. The molecule has 3 heterocycles. The largest absolute Gasteiger partial charge is 0.495 e. The Bertz CT molecular complexity index is 1390. The van der Waals surface area contributed by atoms with Crippen LogP contribution >= 0.6 is 22.9 Å². The maximum atomic E-state index is 13.2. The first kappa shape index (κ1) is 28.8. The van der Waals surface area contributed by atoms with Gasteiger partial charge < -0.3 is 31.2 Å². The third-order valence-electron chi connectivity index (χ3n) is 6.61. The highest BCUT2D eigenvalue weighted by molar-refractivity contribution is 7.14. The normalized spacial score (nSPS) is 18.4. The lowest BCUT2D eigenvalue weighted by Crippen LogP contribution is -2.54. The van der Waals surface area contributed by atoms with Crippen molar-refractivity contribution < 1.29 is 19.1 Å². The minimum Gasteiger partial charge on any atom is -0.495 e. The van der Waals surface area contributed by atoms with Gasteiger partial charge >= 0.3 is 0 Å². The number of rotatable bonds is 8. The molecule has 39 heavy (non-hydrogen) atoms. The maximum absolute atomic E-state index is 13.2. The zero-order valence-electron chi connectivity index (χ0n) is 22.9. The minimum atomic E-state index is -0.824. The summed E-state index contributed by atoms with van der Waals surface area (Å²) in [4.78, 5) is 36.4. The third kappa shape index (κ3) is 6.05. The number of anilines is 1. The molecular weight excluding hydrogens is 540 g/mol. The first-order chi connectivity index (χ1) is 18.3. The summed E-state index contributed by atoms with van der Waals surface area (Å²) in [5, 5.41) is 6.97. The van der Waals surface area contributed by atoms with E-state index < -0.39 is 29.5 Å². The highest BCUT2D eigenvalue weighted by Crippen LogP contribution is 2.39. The van der Waals surface area contributed by atoms with Crippen molar-refractivity contribution in [2.45, 2.75) is 65.3 Å². The van der Waals surface area contributed by atoms with E-state index in [1.807, 2.05) is 46.1 Å². The number of methoxy groups -OCH3 is 1. The van der Waals surface area contributed by atoms with E-state index in [-0.39, 0.29) is 24.9 Å². The number of amides is 2. The smallest absolute Gasteiger partial charge is 0.240 e. The number of hydrogen-bond donors (Lipinski definition) is 3. The predicted molar refractivity (Wildman–Crippen MR) is 154 cm³/mol. The Hall–Kier alpha value is -3.15. The highest BCUT2D eigenvalue weighted by atomic mass is 35.5. The number of likely N-dealkylation sites (tertiary alicyclic amines) is 1. The fourth-order valence-electron chi connectivity index (χ4n) is 4.42. The number of hydrogen-bond acceptors (Lipinski definition) is 9. The molecule has 1 aliphatic heterocycles. The van der Waals surface area contributed by atoms with Gasteiger partial charge in [0, 0.05) is 29.3 Å². The molecule has 0 spiro atoms. The van der Waals surface area contributed by atoms with E-state index in [1.54, 1.807) is 12.1 Å². The van der Waals surface area contributed by atoms with Crippen LogP contribution in [-0.4, -0.2) is 64.6 Å². The van der Waals surface area contributed by atoms with Gasteiger partial charge in [-0.3, -0.25) is 9.59 Å². The summed E-state index contributed by atoms with van der Waals surface area (Å²) in [6.07, 6.45) is -0.272. The predicted octanol–water partition coefficient (Wildman–Crippen LogP) is 4.05. The lowest BCUT2D eigenvalue weighted by atomic mass is 9.86. The molecule has 3 aromatic rings. The fourth-order valence-corrected chi connectivity index (χ4v) is 5.56. The van der Waals surface area contributed by atoms with Gasteiger partial charge in [0.15, 0.2) is 5.13 Å². The Balaban J connectivity index is 1.72. The second kappa shape index (κ2) is 11.1. The van der Waals surface area contributed by atoms with Crippen LogP contribution in [0.1, 0.15) is 41.0 Å². The van der Waals surface area contributed by atoms with E-state index in [2.05, 4.69) is 10.3 Å². The van der Waals surface area contributed by atoms with Crippen molar-refractivity contribution in [1.82, 2.24) is 14.9 Å². The summed E-state index contributed by atoms with van der Waals surface area (Å²) in [6.45, 7) is 9.87. The molecule has 4 rings (SSSR count). The summed E-state index contributed by atoms with van der Waals surface area (Å²) in [7, 11) is 1.54. The van der Waals surface area contributed by atoms with Crippen LogP contribution < -0.4 is 26.3 Å². The molecule has 0 aliphatic carbocycles. The van der Waals surface area contributed by atoms with Crippen LogP contribution in [0.25, 0.3) is 22.3 Å². The number of fused-ring (bicyclic) bond motifs is 1. The van der Waals surface area contributed by atoms with Crippen molar-refractivity contribution in [3.8, 4) is 22.9 Å². The Labute approximate surface area is 237 Å². The molecule has 10 nitrogen and oxygen atoms in total. The number of carbonyl (C=O) groups excluding carboxylic acids is 2. The fraction of sp³-hybridized carbons (Fsp3) is 0.481. The second-order valence-electron chi connectivity index (χ2n) is 11.0. The van der Waals surface area contributed by atoms with E-state index in [1.165, 1.54) is 23.3 Å². The first-order valence-corrected chi connectivity index (χ1v) is 14.0. The van der Waals surface area contributed by atoms with Crippen LogP contribution in [-0.2, 0) is 9.59 Å². The van der Waals surface area contributed by atoms with Gasteiger partial charge in [0.25, 0.3) is 0 Å². The number of nitrogens with one attached hydrogen (secondary N) is 1. The minimum absolute atomic E-state index is 0.165. The summed E-state index contributed by atoms with van der Waals surface area (Å²) in [5.74, 6) is 0.0331. The number of pyridine rings is 1. The first-order valence-electron chi connectivity index (χ1n) is 12.7. The van der Waals surface area contributed by atoms with Crippen LogP contribution in [0.2, 0.25) is 5.02 Å². The number of primary amides is 1. The molecule has 0 saturated carbocycles. The molecule has 0 bridgehead atoms. The zero-order valence-corrected chi connectivity index (χ0v) is 24.5. The number of benzene rings is 1. The van der Waals surface area contributed by atoms with E-state index in [9.17, 15) is 9.59 Å². The van der Waals surface area contributed by atoms with Gasteiger partial charge in [-0.25, -0.2) is 9.97 Å². The van der Waals surface area contributed by atoms with Crippen LogP contribution in [0, 0.1) is 5.41 Å². The lowest BCUT2D eigenvalue weighted by Gasteiger charge is -2.31. The Morgan fingerprint density at radius 1 is 1.21 bits per heavy atom. The molecule has 1 saturated heterocycles. The molecule has 1 aliphatic rings. The molecule has 1 fully saturated rings. The van der Waals surface area contributed by atoms with Crippen molar-refractivity contribution in [3.05, 3.63) is 28.6 Å². The van der Waals surface area contributed by atoms with Gasteiger partial charge in [-0.15, -0.1) is 11.3 Å². The van der Waals surface area contributed by atoms with Gasteiger partial charge in [-0.2, -0.15) is 0 Å². The van der Waals surface area contributed by atoms with Gasteiger partial charge in [-0.1, -0.05) is 32.4 Å². The topological polar surface area (TPSA) is 146 Å². The van der Waals surface area contributed by atoms with Crippen molar-refractivity contribution in [2.75, 3.05) is 19.0 Å². The highest BCUT2D eigenvalue weighted by Gasteiger charge is 2.43. The number of halogens is 1. The Morgan fingerprint density at radius 2 is 1.92 bits per heavy atom. The molecule has 1 aromatic carbocycles. The average molecular weight is 575 g/mol. The number of ether oxygens (including phenoxy) is 2. The molecule has 0 radical (unpaired) electrons. The van der Waals surface area contributed by atoms with Gasteiger partial charge in [0.2, 0.25) is 11.8 Å². The number of thiazole rings is 1. The molecule has 3 atom stereocenters. The summed E-state index contributed by atoms with van der Waals surface area (Å²) >= 11 is 8.14. The second-order valence-corrected chi connectivity index (χ2v) is 12.3. The van der Waals surface area contributed by atoms with E-state index in [0.717, 1.165) is 5.13 Å². The molecule has 210 valence electrons. The standard InChI is InChI=1S/C27H35ClN6O4S/c1-13(2)31-26-33-17(12-39-26)16-10-20(15-7-8-19(37-6)21(28)22(15)32-16)38-14-9-18(24(30)35)34(11-14)25(36)23(29)27(3,4)5/h7-8,10,12-14,18,23H,9,11,29H2,1-6H3,(H2,30,35)(H,31,33)/t14-,18+,23-/m1/s1. The number of carbonyl (C=O) groups is 2. The number of aromatic nitrogens is 2. The van der Waals surface area contributed by atoms with Crippen molar-refractivity contribution in [2.24, 2.45) is 16.9 Å². The van der Waals surface area contributed by atoms with Gasteiger partial charge in [0.05, 0.1) is 30.9 Å². The molecule has 2 aromatic heterocycles.